The van der Waals surface area contributed by atoms with E-state index in [-0.39, 0.29) is 17.8 Å². The first-order valence-electron chi connectivity index (χ1n) is 11.4. The Hall–Kier alpha value is -2.83. The lowest BCUT2D eigenvalue weighted by Gasteiger charge is -2.37. The standard InChI is InChI=1S/C22H30ClN7O4S/c1-17(31)27-11-13-28(14-12-27)20-15-18(3-4-19(20)23)16-26-7-9-29(10-8-26)22(32)30-6-5-21(24-30)25-35(2,33)34/h3-6,15H,7-14,16H2,1-2H3,(H,24,25). The summed E-state index contributed by atoms with van der Waals surface area (Å²) in [5.41, 5.74) is 2.13. The van der Waals surface area contributed by atoms with Gasteiger partial charge in [0, 0.05) is 78.1 Å². The molecule has 1 aromatic heterocycles. The van der Waals surface area contributed by atoms with Gasteiger partial charge in [0.1, 0.15) is 0 Å². The van der Waals surface area contributed by atoms with E-state index in [4.69, 9.17) is 11.6 Å². The van der Waals surface area contributed by atoms with Gasteiger partial charge in [-0.25, -0.2) is 13.2 Å². The quantitative estimate of drug-likeness (QED) is 0.630. The van der Waals surface area contributed by atoms with Crippen LogP contribution in [0.3, 0.4) is 0 Å². The average molecular weight is 524 g/mol. The van der Waals surface area contributed by atoms with Crippen LogP contribution in [0.2, 0.25) is 5.02 Å². The summed E-state index contributed by atoms with van der Waals surface area (Å²) < 4.78 is 26.1. The highest BCUT2D eigenvalue weighted by molar-refractivity contribution is 7.92. The van der Waals surface area contributed by atoms with E-state index >= 15 is 0 Å². The van der Waals surface area contributed by atoms with Gasteiger partial charge in [-0.05, 0) is 17.7 Å². The second kappa shape index (κ2) is 10.4. The predicted molar refractivity (Wildman–Crippen MR) is 134 cm³/mol. The number of sulfonamides is 1. The number of carbonyl (C=O) groups is 2. The molecular formula is C22H30ClN7O4S. The molecule has 0 bridgehead atoms. The Kier molecular flexibility index (Phi) is 7.53. The molecule has 0 saturated carbocycles. The zero-order chi connectivity index (χ0) is 25.2. The number of hydrogen-bond donors (Lipinski definition) is 1. The highest BCUT2D eigenvalue weighted by Crippen LogP contribution is 2.28. The van der Waals surface area contributed by atoms with Gasteiger partial charge in [0.25, 0.3) is 0 Å². The summed E-state index contributed by atoms with van der Waals surface area (Å²) in [6.45, 7) is 7.71. The fourth-order valence-electron chi connectivity index (χ4n) is 4.34. The third-order valence-electron chi connectivity index (χ3n) is 6.20. The summed E-state index contributed by atoms with van der Waals surface area (Å²) in [5.74, 6) is 0.210. The fourth-order valence-corrected chi connectivity index (χ4v) is 5.06. The minimum Gasteiger partial charge on any atom is -0.367 e. The molecule has 4 rings (SSSR count). The van der Waals surface area contributed by atoms with Crippen molar-refractivity contribution in [3.63, 3.8) is 0 Å². The largest absolute Gasteiger partial charge is 0.367 e. The van der Waals surface area contributed by atoms with Crippen LogP contribution in [-0.2, 0) is 21.4 Å². The summed E-state index contributed by atoms with van der Waals surface area (Å²) in [7, 11) is -3.45. The molecule has 2 fully saturated rings. The Balaban J connectivity index is 1.32. The van der Waals surface area contributed by atoms with Crippen LogP contribution in [-0.4, -0.2) is 103 Å². The number of aromatic nitrogens is 2. The minimum atomic E-state index is -3.45. The van der Waals surface area contributed by atoms with Crippen LogP contribution in [0.25, 0.3) is 0 Å². The third kappa shape index (κ3) is 6.44. The van der Waals surface area contributed by atoms with Crippen molar-refractivity contribution in [2.75, 3.05) is 68.2 Å². The van der Waals surface area contributed by atoms with Crippen LogP contribution >= 0.6 is 11.6 Å². The van der Waals surface area contributed by atoms with Gasteiger partial charge >= 0.3 is 6.03 Å². The van der Waals surface area contributed by atoms with Crippen molar-refractivity contribution in [2.24, 2.45) is 0 Å². The first kappa shape index (κ1) is 25.3. The zero-order valence-electron chi connectivity index (χ0n) is 19.9. The highest BCUT2D eigenvalue weighted by Gasteiger charge is 2.24. The third-order valence-corrected chi connectivity index (χ3v) is 7.10. The molecule has 0 atom stereocenters. The molecule has 0 radical (unpaired) electrons. The molecule has 190 valence electrons. The Morgan fingerprint density at radius 3 is 2.29 bits per heavy atom. The van der Waals surface area contributed by atoms with Gasteiger partial charge in [0.05, 0.1) is 17.0 Å². The van der Waals surface area contributed by atoms with Crippen LogP contribution in [0.1, 0.15) is 12.5 Å². The van der Waals surface area contributed by atoms with E-state index in [1.54, 1.807) is 11.8 Å². The van der Waals surface area contributed by atoms with E-state index in [1.807, 2.05) is 17.0 Å². The van der Waals surface area contributed by atoms with Gasteiger partial charge < -0.3 is 14.7 Å². The molecule has 2 amide bonds. The molecule has 1 aromatic carbocycles. The maximum atomic E-state index is 12.8. The van der Waals surface area contributed by atoms with Crippen LogP contribution in [0, 0.1) is 0 Å². The smallest absolute Gasteiger partial charge is 0.344 e. The van der Waals surface area contributed by atoms with Gasteiger partial charge in [-0.1, -0.05) is 17.7 Å². The van der Waals surface area contributed by atoms with Crippen molar-refractivity contribution < 1.29 is 18.0 Å². The maximum absolute atomic E-state index is 12.8. The second-order valence-corrected chi connectivity index (χ2v) is 11.0. The highest BCUT2D eigenvalue weighted by atomic mass is 35.5. The second-order valence-electron chi connectivity index (χ2n) is 8.84. The number of hydrogen-bond acceptors (Lipinski definition) is 7. The van der Waals surface area contributed by atoms with Gasteiger partial charge in [-0.15, -0.1) is 5.10 Å². The van der Waals surface area contributed by atoms with E-state index in [2.05, 4.69) is 25.7 Å². The SMILES string of the molecule is CC(=O)N1CCN(c2cc(CN3CCN(C(=O)n4ccc(NS(C)(=O)=O)n4)CC3)ccc2Cl)CC1. The van der Waals surface area contributed by atoms with Crippen LogP contribution in [0.4, 0.5) is 16.3 Å². The molecule has 2 aliphatic heterocycles. The van der Waals surface area contributed by atoms with Crippen molar-refractivity contribution in [1.29, 1.82) is 0 Å². The number of nitrogens with one attached hydrogen (secondary N) is 1. The minimum absolute atomic E-state index is 0.0979. The monoisotopic (exact) mass is 523 g/mol. The lowest BCUT2D eigenvalue weighted by atomic mass is 10.1. The summed E-state index contributed by atoms with van der Waals surface area (Å²) >= 11 is 6.49. The van der Waals surface area contributed by atoms with Gasteiger partial charge in [-0.3, -0.25) is 14.4 Å². The van der Waals surface area contributed by atoms with Crippen LogP contribution in [0.15, 0.2) is 30.5 Å². The van der Waals surface area contributed by atoms with Gasteiger partial charge in [0.15, 0.2) is 5.82 Å². The molecule has 2 aliphatic rings. The number of anilines is 2. The number of rotatable bonds is 5. The number of carbonyl (C=O) groups excluding carboxylic acids is 2. The van der Waals surface area contributed by atoms with E-state index in [0.717, 1.165) is 41.8 Å². The van der Waals surface area contributed by atoms with E-state index < -0.39 is 10.0 Å². The first-order chi connectivity index (χ1) is 16.6. The van der Waals surface area contributed by atoms with Crippen molar-refractivity contribution >= 4 is 45.1 Å². The molecule has 1 N–H and O–H groups in total. The maximum Gasteiger partial charge on any atom is 0.344 e. The molecule has 0 unspecified atom stereocenters. The number of halogens is 1. The van der Waals surface area contributed by atoms with E-state index in [1.165, 1.54) is 12.3 Å². The molecule has 2 aromatic rings. The topological polar surface area (TPSA) is 111 Å². The Morgan fingerprint density at radius 2 is 1.66 bits per heavy atom. The zero-order valence-corrected chi connectivity index (χ0v) is 21.4. The predicted octanol–water partition coefficient (Wildman–Crippen LogP) is 1.36. The summed E-state index contributed by atoms with van der Waals surface area (Å²) in [6.07, 6.45) is 2.49. The van der Waals surface area contributed by atoms with Gasteiger partial charge in [0.2, 0.25) is 15.9 Å². The first-order valence-corrected chi connectivity index (χ1v) is 13.7. The Morgan fingerprint density at radius 1 is 1.00 bits per heavy atom. The Bertz CT molecular complexity index is 1190. The van der Waals surface area contributed by atoms with Crippen molar-refractivity contribution in [3.8, 4) is 0 Å². The van der Waals surface area contributed by atoms with Crippen LogP contribution < -0.4 is 9.62 Å². The fraction of sp³-hybridized carbons (Fsp3) is 0.500. The Labute approximate surface area is 210 Å². The summed E-state index contributed by atoms with van der Waals surface area (Å²) in [4.78, 5) is 32.4. The molecule has 0 spiro atoms. The molecule has 11 nitrogen and oxygen atoms in total. The molecule has 2 saturated heterocycles. The number of amides is 2. The molecule has 0 aliphatic carbocycles. The lowest BCUT2D eigenvalue weighted by Crippen LogP contribution is -2.49. The number of piperazine rings is 2. The number of benzene rings is 1. The van der Waals surface area contributed by atoms with E-state index in [9.17, 15) is 18.0 Å². The summed E-state index contributed by atoms with van der Waals surface area (Å²) in [5, 5.41) is 4.72. The summed E-state index contributed by atoms with van der Waals surface area (Å²) in [6, 6.07) is 7.22. The lowest BCUT2D eigenvalue weighted by molar-refractivity contribution is -0.129. The molecular weight excluding hydrogens is 494 g/mol. The van der Waals surface area contributed by atoms with Gasteiger partial charge in [-0.2, -0.15) is 4.68 Å². The average Bonchev–Trinajstić information content (AvgIpc) is 3.27. The van der Waals surface area contributed by atoms with Crippen LogP contribution in [0.5, 0.6) is 0 Å². The normalized spacial score (nSPS) is 17.5. The van der Waals surface area contributed by atoms with Crippen molar-refractivity contribution in [1.82, 2.24) is 24.5 Å². The molecule has 35 heavy (non-hydrogen) atoms. The van der Waals surface area contributed by atoms with Crippen molar-refractivity contribution in [2.45, 2.75) is 13.5 Å². The van der Waals surface area contributed by atoms with Crippen molar-refractivity contribution in [3.05, 3.63) is 41.0 Å². The number of nitrogens with zero attached hydrogens (tertiary/aromatic N) is 6. The molecule has 3 heterocycles. The molecule has 13 heteroatoms. The van der Waals surface area contributed by atoms with E-state index in [0.29, 0.717) is 44.3 Å².